The third-order valence-electron chi connectivity index (χ3n) is 5.07. The monoisotopic (exact) mass is 350 g/mol. The average molecular weight is 350 g/mol. The van der Waals surface area contributed by atoms with Gasteiger partial charge in [0.25, 0.3) is 0 Å². The highest BCUT2D eigenvalue weighted by Crippen LogP contribution is 2.48. The van der Waals surface area contributed by atoms with Crippen molar-refractivity contribution in [2.24, 2.45) is 0 Å². The summed E-state index contributed by atoms with van der Waals surface area (Å²) in [5.41, 5.74) is 2.81. The van der Waals surface area contributed by atoms with Gasteiger partial charge in [-0.25, -0.2) is 0 Å². The molecule has 4 atom stereocenters. The first-order chi connectivity index (χ1) is 12.1. The lowest BCUT2D eigenvalue weighted by Gasteiger charge is -2.28. The van der Waals surface area contributed by atoms with Crippen LogP contribution in [0.5, 0.6) is 11.5 Å². The van der Waals surface area contributed by atoms with Gasteiger partial charge in [-0.15, -0.1) is 0 Å². The lowest BCUT2D eigenvalue weighted by atomic mass is 9.84. The fourth-order valence-corrected chi connectivity index (χ4v) is 3.70. The molecule has 1 aliphatic heterocycles. The van der Waals surface area contributed by atoms with Gasteiger partial charge in [0.1, 0.15) is 6.10 Å². The molecule has 0 saturated heterocycles. The van der Waals surface area contributed by atoms with E-state index in [4.69, 9.17) is 14.6 Å². The predicted molar refractivity (Wildman–Crippen MR) is 92.0 cm³/mol. The largest absolute Gasteiger partial charge is 0.493 e. The van der Waals surface area contributed by atoms with Gasteiger partial charge < -0.3 is 29.9 Å². The highest BCUT2D eigenvalue weighted by Gasteiger charge is 2.40. The summed E-state index contributed by atoms with van der Waals surface area (Å²) in [5.74, 6) is 0.996. The standard InChI is InChI=1S/C19H26O6/c1-24-17-8-11(3-2-6-20)7-13-14(10-21)18(25-19(13)17)12-4-5-15(22)16(23)9-12/h7-9,14-16,18,20-23H,2-6,10H2,1H3/t14-,15+,16-,18+/m0/s1. The second kappa shape index (κ2) is 7.74. The molecule has 0 radical (unpaired) electrons. The number of ether oxygens (including phenoxy) is 2. The van der Waals surface area contributed by atoms with Crippen LogP contribution in [0.3, 0.4) is 0 Å². The van der Waals surface area contributed by atoms with Crippen molar-refractivity contribution in [1.29, 1.82) is 0 Å². The van der Waals surface area contributed by atoms with E-state index in [9.17, 15) is 15.3 Å². The zero-order valence-electron chi connectivity index (χ0n) is 14.4. The van der Waals surface area contributed by atoms with Crippen LogP contribution in [0, 0.1) is 0 Å². The summed E-state index contributed by atoms with van der Waals surface area (Å²) in [5, 5.41) is 38.7. The summed E-state index contributed by atoms with van der Waals surface area (Å²) in [7, 11) is 1.58. The van der Waals surface area contributed by atoms with Gasteiger partial charge in [0, 0.05) is 12.2 Å². The molecule has 1 heterocycles. The topological polar surface area (TPSA) is 99.4 Å². The summed E-state index contributed by atoms with van der Waals surface area (Å²) in [4.78, 5) is 0. The van der Waals surface area contributed by atoms with Crippen LogP contribution in [0.1, 0.15) is 36.3 Å². The molecule has 0 amide bonds. The molecule has 3 rings (SSSR count). The molecule has 1 aliphatic carbocycles. The Morgan fingerprint density at radius 2 is 2.04 bits per heavy atom. The average Bonchev–Trinajstić information content (AvgIpc) is 3.00. The molecule has 1 aromatic rings. The second-order valence-corrected chi connectivity index (χ2v) is 6.71. The molecule has 6 heteroatoms. The number of benzene rings is 1. The summed E-state index contributed by atoms with van der Waals surface area (Å²) in [6.07, 6.45) is 2.09. The van der Waals surface area contributed by atoms with Gasteiger partial charge in [-0.3, -0.25) is 0 Å². The highest BCUT2D eigenvalue weighted by molar-refractivity contribution is 5.55. The fraction of sp³-hybridized carbons (Fsp3) is 0.579. The number of hydrogen-bond acceptors (Lipinski definition) is 6. The van der Waals surface area contributed by atoms with Crippen LogP contribution in [0.15, 0.2) is 23.8 Å². The molecule has 0 fully saturated rings. The van der Waals surface area contributed by atoms with Crippen LogP contribution in [0.2, 0.25) is 0 Å². The third-order valence-corrected chi connectivity index (χ3v) is 5.07. The summed E-state index contributed by atoms with van der Waals surface area (Å²) < 4.78 is 11.6. The first-order valence-corrected chi connectivity index (χ1v) is 8.75. The number of aliphatic hydroxyl groups is 4. The van der Waals surface area contributed by atoms with Gasteiger partial charge in [-0.1, -0.05) is 12.1 Å². The number of fused-ring (bicyclic) bond motifs is 1. The van der Waals surface area contributed by atoms with Gasteiger partial charge in [0.05, 0.1) is 31.8 Å². The smallest absolute Gasteiger partial charge is 0.165 e. The minimum absolute atomic E-state index is 0.0831. The van der Waals surface area contributed by atoms with E-state index in [0.29, 0.717) is 30.8 Å². The maximum atomic E-state index is 9.96. The Bertz CT molecular complexity index is 641. The molecule has 4 N–H and O–H groups in total. The Morgan fingerprint density at radius 1 is 1.24 bits per heavy atom. The van der Waals surface area contributed by atoms with E-state index in [0.717, 1.165) is 23.1 Å². The van der Waals surface area contributed by atoms with E-state index in [2.05, 4.69) is 0 Å². The van der Waals surface area contributed by atoms with Gasteiger partial charge in [0.2, 0.25) is 0 Å². The molecule has 2 aliphatic rings. The van der Waals surface area contributed by atoms with Gasteiger partial charge in [-0.05, 0) is 42.9 Å². The molecule has 0 unspecified atom stereocenters. The molecule has 138 valence electrons. The van der Waals surface area contributed by atoms with Crippen LogP contribution in [0.25, 0.3) is 0 Å². The first kappa shape index (κ1) is 18.2. The van der Waals surface area contributed by atoms with Crippen LogP contribution in [-0.4, -0.2) is 59.1 Å². The molecule has 0 bridgehead atoms. The van der Waals surface area contributed by atoms with E-state index in [-0.39, 0.29) is 25.2 Å². The lowest BCUT2D eigenvalue weighted by Crippen LogP contribution is -2.33. The Labute approximate surface area is 147 Å². The number of hydrogen-bond donors (Lipinski definition) is 4. The summed E-state index contributed by atoms with van der Waals surface area (Å²) in [6, 6.07) is 3.90. The fourth-order valence-electron chi connectivity index (χ4n) is 3.70. The maximum absolute atomic E-state index is 9.96. The Kier molecular flexibility index (Phi) is 5.64. The van der Waals surface area contributed by atoms with Gasteiger partial charge >= 0.3 is 0 Å². The van der Waals surface area contributed by atoms with E-state index in [1.165, 1.54) is 0 Å². The van der Waals surface area contributed by atoms with Crippen molar-refractivity contribution in [2.75, 3.05) is 20.3 Å². The molecule has 6 nitrogen and oxygen atoms in total. The number of methoxy groups -OCH3 is 1. The van der Waals surface area contributed by atoms with Gasteiger partial charge in [-0.2, -0.15) is 0 Å². The van der Waals surface area contributed by atoms with Crippen LogP contribution in [0.4, 0.5) is 0 Å². The van der Waals surface area contributed by atoms with Crippen molar-refractivity contribution < 1.29 is 29.9 Å². The maximum Gasteiger partial charge on any atom is 0.165 e. The van der Waals surface area contributed by atoms with Crippen molar-refractivity contribution in [3.05, 3.63) is 34.9 Å². The van der Waals surface area contributed by atoms with E-state index in [1.54, 1.807) is 13.2 Å². The number of rotatable bonds is 6. The van der Waals surface area contributed by atoms with Crippen molar-refractivity contribution in [3.63, 3.8) is 0 Å². The molecule has 1 aromatic carbocycles. The van der Waals surface area contributed by atoms with Crippen molar-refractivity contribution in [2.45, 2.75) is 49.9 Å². The van der Waals surface area contributed by atoms with Crippen molar-refractivity contribution in [1.82, 2.24) is 0 Å². The first-order valence-electron chi connectivity index (χ1n) is 8.75. The predicted octanol–water partition coefficient (Wildman–Crippen LogP) is 0.899. The second-order valence-electron chi connectivity index (χ2n) is 6.71. The number of aryl methyl sites for hydroxylation is 1. The molecule has 0 saturated carbocycles. The summed E-state index contributed by atoms with van der Waals surface area (Å²) in [6.45, 7) is 0.0370. The highest BCUT2D eigenvalue weighted by atomic mass is 16.5. The minimum atomic E-state index is -0.905. The van der Waals surface area contributed by atoms with Crippen molar-refractivity contribution >= 4 is 0 Å². The minimum Gasteiger partial charge on any atom is -0.493 e. The molecular formula is C19H26O6. The van der Waals surface area contributed by atoms with Crippen LogP contribution < -0.4 is 9.47 Å². The van der Waals surface area contributed by atoms with E-state index >= 15 is 0 Å². The molecule has 0 aromatic heterocycles. The van der Waals surface area contributed by atoms with E-state index in [1.807, 2.05) is 12.1 Å². The van der Waals surface area contributed by atoms with Crippen LogP contribution in [-0.2, 0) is 6.42 Å². The lowest BCUT2D eigenvalue weighted by molar-refractivity contribution is 0.0335. The number of aliphatic hydroxyl groups excluding tert-OH is 4. The van der Waals surface area contributed by atoms with Crippen LogP contribution >= 0.6 is 0 Å². The molecular weight excluding hydrogens is 324 g/mol. The zero-order chi connectivity index (χ0) is 18.0. The van der Waals surface area contributed by atoms with Crippen molar-refractivity contribution in [3.8, 4) is 11.5 Å². The molecule has 0 spiro atoms. The third kappa shape index (κ3) is 3.53. The Balaban J connectivity index is 1.93. The quantitative estimate of drug-likeness (QED) is 0.569. The Hall–Kier alpha value is -1.60. The Morgan fingerprint density at radius 3 is 2.68 bits per heavy atom. The zero-order valence-corrected chi connectivity index (χ0v) is 14.4. The molecule has 25 heavy (non-hydrogen) atoms. The van der Waals surface area contributed by atoms with E-state index < -0.39 is 12.2 Å². The van der Waals surface area contributed by atoms with Gasteiger partial charge in [0.15, 0.2) is 11.5 Å². The normalized spacial score (nSPS) is 28.3. The summed E-state index contributed by atoms with van der Waals surface area (Å²) >= 11 is 0. The SMILES string of the molecule is COc1cc(CCCO)cc2c1O[C@H](C1=C[C@H](O)[C@H](O)CC1)[C@H]2CO.